The molecule has 0 spiro atoms. The molecule has 0 bridgehead atoms. The smallest absolute Gasteiger partial charge is 0.129 e. The van der Waals surface area contributed by atoms with Gasteiger partial charge in [0, 0.05) is 5.56 Å². The van der Waals surface area contributed by atoms with Crippen molar-refractivity contribution in [2.24, 2.45) is 0 Å². The van der Waals surface area contributed by atoms with Crippen molar-refractivity contribution in [3.8, 4) is 0 Å². The van der Waals surface area contributed by atoms with E-state index in [0.29, 0.717) is 18.4 Å². The Labute approximate surface area is 104 Å². The van der Waals surface area contributed by atoms with Crippen molar-refractivity contribution >= 4 is 0 Å². The molecule has 0 saturated carbocycles. The first-order valence-corrected chi connectivity index (χ1v) is 6.61. The first kappa shape index (κ1) is 14.2. The fourth-order valence-corrected chi connectivity index (χ4v) is 2.18. The summed E-state index contributed by atoms with van der Waals surface area (Å²) in [5, 5.41) is 10.5. The summed E-state index contributed by atoms with van der Waals surface area (Å²) in [6, 6.07) is 6.55. The van der Waals surface area contributed by atoms with Crippen LogP contribution in [0.1, 0.15) is 57.9 Å². The summed E-state index contributed by atoms with van der Waals surface area (Å²) in [5.41, 5.74) is -0.557. The molecule has 0 fully saturated rings. The lowest BCUT2D eigenvalue weighted by Crippen LogP contribution is -2.26. The molecule has 1 atom stereocenters. The van der Waals surface area contributed by atoms with Crippen LogP contribution >= 0.6 is 0 Å². The van der Waals surface area contributed by atoms with E-state index in [1.807, 2.05) is 6.92 Å². The van der Waals surface area contributed by atoms with Gasteiger partial charge in [-0.1, -0.05) is 57.7 Å². The molecule has 0 aromatic heterocycles. The van der Waals surface area contributed by atoms with E-state index < -0.39 is 5.60 Å². The van der Waals surface area contributed by atoms with E-state index in [0.717, 1.165) is 12.8 Å². The Bertz CT molecular complexity index is 337. The van der Waals surface area contributed by atoms with E-state index in [1.54, 1.807) is 18.2 Å². The molecule has 1 unspecified atom stereocenters. The number of unbranched alkanes of at least 4 members (excludes halogenated alkanes) is 3. The highest BCUT2D eigenvalue weighted by atomic mass is 19.1. The second-order valence-corrected chi connectivity index (χ2v) is 4.68. The molecule has 0 amide bonds. The van der Waals surface area contributed by atoms with Gasteiger partial charge in [-0.25, -0.2) is 4.39 Å². The van der Waals surface area contributed by atoms with Crippen molar-refractivity contribution in [1.29, 1.82) is 0 Å². The Morgan fingerprint density at radius 1 is 1.12 bits per heavy atom. The van der Waals surface area contributed by atoms with Crippen LogP contribution in [-0.2, 0) is 5.60 Å². The van der Waals surface area contributed by atoms with Gasteiger partial charge >= 0.3 is 0 Å². The first-order valence-electron chi connectivity index (χ1n) is 6.61. The van der Waals surface area contributed by atoms with E-state index >= 15 is 0 Å². The molecular formula is C15H23FO. The molecule has 17 heavy (non-hydrogen) atoms. The third-order valence-electron chi connectivity index (χ3n) is 3.40. The second kappa shape index (κ2) is 6.75. The number of benzene rings is 1. The maximum absolute atomic E-state index is 13.7. The van der Waals surface area contributed by atoms with Crippen molar-refractivity contribution in [3.63, 3.8) is 0 Å². The number of aliphatic hydroxyl groups is 1. The van der Waals surface area contributed by atoms with E-state index in [1.165, 1.54) is 18.9 Å². The molecule has 1 N–H and O–H groups in total. The minimum atomic E-state index is -1.00. The summed E-state index contributed by atoms with van der Waals surface area (Å²) in [6.07, 6.45) is 5.60. The highest BCUT2D eigenvalue weighted by molar-refractivity contribution is 5.24. The van der Waals surface area contributed by atoms with Crippen LogP contribution in [0, 0.1) is 5.82 Å². The van der Waals surface area contributed by atoms with Crippen LogP contribution in [0.5, 0.6) is 0 Å². The van der Waals surface area contributed by atoms with E-state index in [-0.39, 0.29) is 5.82 Å². The molecule has 2 heteroatoms. The Hall–Kier alpha value is -0.890. The number of hydrogen-bond donors (Lipinski definition) is 1. The van der Waals surface area contributed by atoms with Crippen molar-refractivity contribution in [1.82, 2.24) is 0 Å². The molecule has 1 aromatic rings. The van der Waals surface area contributed by atoms with Crippen molar-refractivity contribution in [2.75, 3.05) is 0 Å². The van der Waals surface area contributed by atoms with E-state index in [4.69, 9.17) is 0 Å². The van der Waals surface area contributed by atoms with Crippen LogP contribution in [0.3, 0.4) is 0 Å². The average molecular weight is 238 g/mol. The summed E-state index contributed by atoms with van der Waals surface area (Å²) in [4.78, 5) is 0. The van der Waals surface area contributed by atoms with Crippen molar-refractivity contribution < 1.29 is 9.50 Å². The third kappa shape index (κ3) is 3.81. The Morgan fingerprint density at radius 3 is 2.41 bits per heavy atom. The molecular weight excluding hydrogens is 215 g/mol. The van der Waals surface area contributed by atoms with Crippen molar-refractivity contribution in [2.45, 2.75) is 58.0 Å². The maximum Gasteiger partial charge on any atom is 0.129 e. The zero-order chi connectivity index (χ0) is 12.7. The average Bonchev–Trinajstić information content (AvgIpc) is 2.35. The zero-order valence-corrected chi connectivity index (χ0v) is 10.9. The predicted molar refractivity (Wildman–Crippen MR) is 69.3 cm³/mol. The first-order chi connectivity index (χ1) is 8.14. The monoisotopic (exact) mass is 238 g/mol. The summed E-state index contributed by atoms with van der Waals surface area (Å²) in [7, 11) is 0. The largest absolute Gasteiger partial charge is 0.385 e. The van der Waals surface area contributed by atoms with Crippen LogP contribution in [0.4, 0.5) is 4.39 Å². The highest BCUT2D eigenvalue weighted by Crippen LogP contribution is 2.32. The lowest BCUT2D eigenvalue weighted by molar-refractivity contribution is 0.0173. The molecule has 0 aliphatic carbocycles. The van der Waals surface area contributed by atoms with Gasteiger partial charge in [0.05, 0.1) is 5.60 Å². The molecule has 0 saturated heterocycles. The molecule has 0 heterocycles. The van der Waals surface area contributed by atoms with Gasteiger partial charge in [-0.05, 0) is 18.9 Å². The molecule has 0 aliphatic rings. The third-order valence-corrected chi connectivity index (χ3v) is 3.40. The maximum atomic E-state index is 13.7. The topological polar surface area (TPSA) is 20.2 Å². The minimum Gasteiger partial charge on any atom is -0.385 e. The lowest BCUT2D eigenvalue weighted by atomic mass is 9.85. The Balaban J connectivity index is 2.71. The molecule has 1 rings (SSSR count). The Morgan fingerprint density at radius 2 is 1.82 bits per heavy atom. The summed E-state index contributed by atoms with van der Waals surface area (Å²) < 4.78 is 13.7. The van der Waals surface area contributed by atoms with E-state index in [2.05, 4.69) is 6.92 Å². The van der Waals surface area contributed by atoms with Crippen LogP contribution in [-0.4, -0.2) is 5.11 Å². The van der Waals surface area contributed by atoms with Gasteiger partial charge in [-0.3, -0.25) is 0 Å². The van der Waals surface area contributed by atoms with E-state index in [9.17, 15) is 9.50 Å². The van der Waals surface area contributed by atoms with Crippen LogP contribution in [0.25, 0.3) is 0 Å². The standard InChI is InChI=1S/C15H23FO/c1-3-5-6-9-12-15(17,4-2)13-10-7-8-11-14(13)16/h7-8,10-11,17H,3-6,9,12H2,1-2H3. The molecule has 0 radical (unpaired) electrons. The van der Waals surface area contributed by atoms with Gasteiger partial charge < -0.3 is 5.11 Å². The SMILES string of the molecule is CCCCCCC(O)(CC)c1ccccc1F. The van der Waals surface area contributed by atoms with Crippen LogP contribution in [0.15, 0.2) is 24.3 Å². The normalized spacial score (nSPS) is 14.6. The molecule has 1 nitrogen and oxygen atoms in total. The molecule has 1 aromatic carbocycles. The summed E-state index contributed by atoms with van der Waals surface area (Å²) in [5.74, 6) is -0.299. The van der Waals surface area contributed by atoms with Gasteiger partial charge in [0.25, 0.3) is 0 Å². The quantitative estimate of drug-likeness (QED) is 0.698. The Kier molecular flexibility index (Phi) is 5.63. The minimum absolute atomic E-state index is 0.299. The van der Waals surface area contributed by atoms with Gasteiger partial charge in [-0.15, -0.1) is 0 Å². The summed E-state index contributed by atoms with van der Waals surface area (Å²) >= 11 is 0. The fourth-order valence-electron chi connectivity index (χ4n) is 2.18. The van der Waals surface area contributed by atoms with Gasteiger partial charge in [0.2, 0.25) is 0 Å². The fraction of sp³-hybridized carbons (Fsp3) is 0.600. The highest BCUT2D eigenvalue weighted by Gasteiger charge is 2.29. The number of halogens is 1. The number of rotatable bonds is 7. The van der Waals surface area contributed by atoms with Crippen molar-refractivity contribution in [3.05, 3.63) is 35.6 Å². The van der Waals surface area contributed by atoms with Crippen LogP contribution < -0.4 is 0 Å². The molecule has 96 valence electrons. The predicted octanol–water partition coefficient (Wildman–Crippen LogP) is 4.39. The zero-order valence-electron chi connectivity index (χ0n) is 10.9. The summed E-state index contributed by atoms with van der Waals surface area (Å²) in [6.45, 7) is 4.06. The number of hydrogen-bond acceptors (Lipinski definition) is 1. The second-order valence-electron chi connectivity index (χ2n) is 4.68. The lowest BCUT2D eigenvalue weighted by Gasteiger charge is -2.27. The molecule has 0 aliphatic heterocycles. The van der Waals surface area contributed by atoms with Crippen LogP contribution in [0.2, 0.25) is 0 Å². The van der Waals surface area contributed by atoms with Gasteiger partial charge in [-0.2, -0.15) is 0 Å². The van der Waals surface area contributed by atoms with Gasteiger partial charge in [0.15, 0.2) is 0 Å². The van der Waals surface area contributed by atoms with Gasteiger partial charge in [0.1, 0.15) is 5.82 Å².